The van der Waals surface area contributed by atoms with Crippen molar-refractivity contribution >= 4 is 32.8 Å². The molecule has 0 atom stereocenters. The third-order valence-corrected chi connectivity index (χ3v) is 8.66. The van der Waals surface area contributed by atoms with E-state index in [0.29, 0.717) is 43.4 Å². The van der Waals surface area contributed by atoms with Gasteiger partial charge in [-0.2, -0.15) is 0 Å². The van der Waals surface area contributed by atoms with Crippen LogP contribution in [0.2, 0.25) is 0 Å². The van der Waals surface area contributed by atoms with Gasteiger partial charge in [-0.1, -0.05) is 48.5 Å². The average Bonchev–Trinajstić information content (AvgIpc) is 3.37. The molecule has 2 aromatic heterocycles. The van der Waals surface area contributed by atoms with E-state index in [0.717, 1.165) is 22.6 Å². The summed E-state index contributed by atoms with van der Waals surface area (Å²) < 4.78 is 27.3. The van der Waals surface area contributed by atoms with Gasteiger partial charge in [0, 0.05) is 50.4 Å². The van der Waals surface area contributed by atoms with E-state index >= 15 is 0 Å². The quantitative estimate of drug-likeness (QED) is 0.319. The van der Waals surface area contributed by atoms with Crippen molar-refractivity contribution in [2.24, 2.45) is 0 Å². The molecule has 9 nitrogen and oxygen atoms in total. The number of urea groups is 1. The van der Waals surface area contributed by atoms with Crippen LogP contribution in [0.1, 0.15) is 18.4 Å². The monoisotopic (exact) mass is 533 g/mol. The maximum absolute atomic E-state index is 13.1. The molecule has 0 aliphatic carbocycles. The van der Waals surface area contributed by atoms with Gasteiger partial charge in [-0.25, -0.2) is 22.2 Å². The number of aliphatic hydroxyl groups is 1. The highest BCUT2D eigenvalue weighted by atomic mass is 32.2. The molecule has 2 aromatic carbocycles. The van der Waals surface area contributed by atoms with E-state index in [2.05, 4.69) is 20.5 Å². The van der Waals surface area contributed by atoms with Gasteiger partial charge in [-0.15, -0.1) is 0 Å². The minimum atomic E-state index is -3.82. The number of likely N-dealkylation sites (tertiary alicyclic amines) is 1. The number of rotatable bonds is 8. The number of hydrogen-bond acceptors (Lipinski definition) is 6. The van der Waals surface area contributed by atoms with Gasteiger partial charge < -0.3 is 20.6 Å². The maximum atomic E-state index is 13.1. The van der Waals surface area contributed by atoms with Crippen molar-refractivity contribution in [1.29, 1.82) is 0 Å². The standard InChI is InChI=1S/C28H31N5O4S/c34-27(30-16-20-32-18-13-28(35,14-19-32)21-22-7-3-1-4-8-22)31-25-11-15-29-26-24(25)12-17-33(26)38(36,37)23-9-5-2-6-10-23/h1-12,15,17,35H,13-14,16,18-21H2,(H2,29,30,31,34). The minimum Gasteiger partial charge on any atom is -0.389 e. The van der Waals surface area contributed by atoms with Crippen LogP contribution < -0.4 is 10.6 Å². The van der Waals surface area contributed by atoms with E-state index in [1.807, 2.05) is 30.3 Å². The second-order valence-corrected chi connectivity index (χ2v) is 11.4. The van der Waals surface area contributed by atoms with Crippen LogP contribution in [-0.2, 0) is 16.4 Å². The summed E-state index contributed by atoms with van der Waals surface area (Å²) in [5.41, 5.74) is 1.15. The Bertz CT molecular complexity index is 1500. The van der Waals surface area contributed by atoms with Gasteiger partial charge in [0.05, 0.1) is 16.2 Å². The molecule has 4 aromatic rings. The Morgan fingerprint density at radius 1 is 0.974 bits per heavy atom. The SMILES string of the molecule is O=C(NCCN1CCC(O)(Cc2ccccc2)CC1)Nc1ccnc2c1ccn2S(=O)(=O)c1ccccc1. The molecule has 1 aliphatic heterocycles. The number of benzene rings is 2. The summed E-state index contributed by atoms with van der Waals surface area (Å²) in [6.07, 6.45) is 4.94. The molecular formula is C28H31N5O4S. The predicted octanol–water partition coefficient (Wildman–Crippen LogP) is 3.46. The zero-order valence-corrected chi connectivity index (χ0v) is 21.8. The number of hydrogen-bond donors (Lipinski definition) is 3. The number of fused-ring (bicyclic) bond motifs is 1. The molecule has 198 valence electrons. The van der Waals surface area contributed by atoms with Crippen molar-refractivity contribution in [3.05, 3.63) is 90.8 Å². The van der Waals surface area contributed by atoms with Crippen LogP contribution >= 0.6 is 0 Å². The number of pyridine rings is 1. The van der Waals surface area contributed by atoms with E-state index in [1.54, 1.807) is 30.3 Å². The lowest BCUT2D eigenvalue weighted by molar-refractivity contribution is -0.0201. The van der Waals surface area contributed by atoms with E-state index in [-0.39, 0.29) is 16.6 Å². The number of anilines is 1. The highest BCUT2D eigenvalue weighted by Crippen LogP contribution is 2.27. The van der Waals surface area contributed by atoms with E-state index < -0.39 is 15.6 Å². The van der Waals surface area contributed by atoms with Crippen molar-refractivity contribution in [3.63, 3.8) is 0 Å². The summed E-state index contributed by atoms with van der Waals surface area (Å²) in [5, 5.41) is 17.2. The van der Waals surface area contributed by atoms with Gasteiger partial charge >= 0.3 is 6.03 Å². The van der Waals surface area contributed by atoms with E-state index in [9.17, 15) is 18.3 Å². The molecule has 5 rings (SSSR count). The van der Waals surface area contributed by atoms with Gasteiger partial charge in [-0.3, -0.25) is 0 Å². The van der Waals surface area contributed by atoms with Gasteiger partial charge in [-0.05, 0) is 42.7 Å². The lowest BCUT2D eigenvalue weighted by atomic mass is 9.85. The molecule has 1 aliphatic rings. The van der Waals surface area contributed by atoms with E-state index in [1.165, 1.54) is 24.5 Å². The molecule has 0 bridgehead atoms. The highest BCUT2D eigenvalue weighted by Gasteiger charge is 2.32. The molecule has 0 spiro atoms. The number of aromatic nitrogens is 2. The predicted molar refractivity (Wildman–Crippen MR) is 147 cm³/mol. The van der Waals surface area contributed by atoms with Crippen LogP contribution in [0, 0.1) is 0 Å². The summed E-state index contributed by atoms with van der Waals surface area (Å²) in [6, 6.07) is 21.1. The molecule has 0 saturated carbocycles. The first-order chi connectivity index (χ1) is 18.3. The molecule has 0 unspecified atom stereocenters. The number of nitrogens with one attached hydrogen (secondary N) is 2. The topological polar surface area (TPSA) is 117 Å². The zero-order valence-electron chi connectivity index (χ0n) is 21.0. The Kier molecular flexibility index (Phi) is 7.46. The first-order valence-electron chi connectivity index (χ1n) is 12.6. The second kappa shape index (κ2) is 10.9. The third kappa shape index (κ3) is 5.72. The molecule has 3 N–H and O–H groups in total. The number of amides is 2. The molecule has 38 heavy (non-hydrogen) atoms. The molecule has 10 heteroatoms. The summed E-state index contributed by atoms with van der Waals surface area (Å²) in [6.45, 7) is 2.65. The fourth-order valence-corrected chi connectivity index (χ4v) is 6.19. The Labute approximate surface area is 222 Å². The molecule has 0 radical (unpaired) electrons. The Morgan fingerprint density at radius 3 is 2.37 bits per heavy atom. The summed E-state index contributed by atoms with van der Waals surface area (Å²) >= 11 is 0. The number of nitrogens with zero attached hydrogens (tertiary/aromatic N) is 3. The molecular weight excluding hydrogens is 502 g/mol. The lowest BCUT2D eigenvalue weighted by Crippen LogP contribution is -2.47. The van der Waals surface area contributed by atoms with Crippen molar-refractivity contribution in [2.45, 2.75) is 29.8 Å². The number of carbonyl (C=O) groups excluding carboxylic acids is 1. The first-order valence-corrected chi connectivity index (χ1v) is 14.1. The molecule has 1 fully saturated rings. The number of piperidine rings is 1. The van der Waals surface area contributed by atoms with Crippen molar-refractivity contribution in [2.75, 3.05) is 31.5 Å². The van der Waals surface area contributed by atoms with Gasteiger partial charge in [0.15, 0.2) is 5.65 Å². The average molecular weight is 534 g/mol. The maximum Gasteiger partial charge on any atom is 0.319 e. The van der Waals surface area contributed by atoms with Crippen LogP contribution in [-0.4, -0.2) is 65.2 Å². The van der Waals surface area contributed by atoms with Gasteiger partial charge in [0.1, 0.15) is 0 Å². The summed E-state index contributed by atoms with van der Waals surface area (Å²) in [4.78, 5) is 19.2. The fraction of sp³-hybridized carbons (Fsp3) is 0.286. The van der Waals surface area contributed by atoms with Crippen LogP contribution in [0.4, 0.5) is 10.5 Å². The van der Waals surface area contributed by atoms with Gasteiger partial charge in [0.25, 0.3) is 10.0 Å². The largest absolute Gasteiger partial charge is 0.389 e. The molecule has 2 amide bonds. The normalized spacial score (nSPS) is 15.8. The van der Waals surface area contributed by atoms with Crippen molar-refractivity contribution in [3.8, 4) is 0 Å². The Balaban J connectivity index is 1.14. The van der Waals surface area contributed by atoms with Crippen molar-refractivity contribution < 1.29 is 18.3 Å². The lowest BCUT2D eigenvalue weighted by Gasteiger charge is -2.38. The van der Waals surface area contributed by atoms with Crippen molar-refractivity contribution in [1.82, 2.24) is 19.2 Å². The Hall–Kier alpha value is -3.73. The summed E-state index contributed by atoms with van der Waals surface area (Å²) in [5.74, 6) is 0. The first kappa shape index (κ1) is 25.9. The smallest absolute Gasteiger partial charge is 0.319 e. The second-order valence-electron chi connectivity index (χ2n) is 9.63. The molecule has 3 heterocycles. The van der Waals surface area contributed by atoms with Crippen LogP contribution in [0.3, 0.4) is 0 Å². The highest BCUT2D eigenvalue weighted by molar-refractivity contribution is 7.90. The zero-order chi connectivity index (χ0) is 26.6. The Morgan fingerprint density at radius 2 is 1.66 bits per heavy atom. The summed E-state index contributed by atoms with van der Waals surface area (Å²) in [7, 11) is -3.82. The molecule has 1 saturated heterocycles. The fourth-order valence-electron chi connectivity index (χ4n) is 4.86. The third-order valence-electron chi connectivity index (χ3n) is 6.98. The van der Waals surface area contributed by atoms with E-state index in [4.69, 9.17) is 0 Å². The van der Waals surface area contributed by atoms with Gasteiger partial charge in [0.2, 0.25) is 0 Å². The minimum absolute atomic E-state index is 0.159. The van der Waals surface area contributed by atoms with Crippen LogP contribution in [0.5, 0.6) is 0 Å². The van der Waals surface area contributed by atoms with Crippen LogP contribution in [0.15, 0.2) is 90.1 Å². The number of carbonyl (C=O) groups is 1. The van der Waals surface area contributed by atoms with Crippen LogP contribution in [0.25, 0.3) is 11.0 Å².